The maximum atomic E-state index is 14.0. The van der Waals surface area contributed by atoms with Crippen LogP contribution in [0.1, 0.15) is 72.8 Å². The number of alkyl carbamates (subject to hydrolysis) is 1. The number of hydrogen-bond acceptors (Lipinski definition) is 4. The van der Waals surface area contributed by atoms with E-state index in [2.05, 4.69) is 27.8 Å². The van der Waals surface area contributed by atoms with Gasteiger partial charge in [0, 0.05) is 36.1 Å². The van der Waals surface area contributed by atoms with Crippen molar-refractivity contribution in [2.24, 2.45) is 5.92 Å². The average Bonchev–Trinajstić information content (AvgIpc) is 2.81. The molecular weight excluding hydrogens is 570 g/mol. The van der Waals surface area contributed by atoms with Gasteiger partial charge in [-0.05, 0) is 83.1 Å². The molecule has 0 aliphatic heterocycles. The number of rotatable bonds is 14. The average molecular weight is 615 g/mol. The summed E-state index contributed by atoms with van der Waals surface area (Å²) < 4.78 is 6.23. The number of amides is 3. The second kappa shape index (κ2) is 16.1. The molecule has 0 heterocycles. The Morgan fingerprint density at radius 1 is 1.18 bits per heavy atom. The number of unbranched alkanes of at least 4 members (excludes halogenated alkanes) is 2. The highest BCUT2D eigenvalue weighted by Gasteiger charge is 2.36. The fraction of sp³-hybridized carbons (Fsp3) is 0.621. The van der Waals surface area contributed by atoms with Crippen molar-refractivity contribution < 1.29 is 19.1 Å². The molecule has 38 heavy (non-hydrogen) atoms. The smallest absolute Gasteiger partial charge is 0.408 e. The van der Waals surface area contributed by atoms with E-state index in [9.17, 15) is 14.4 Å². The Balaban J connectivity index is 3.36. The van der Waals surface area contributed by atoms with Gasteiger partial charge in [0.15, 0.2) is 0 Å². The van der Waals surface area contributed by atoms with E-state index in [1.54, 1.807) is 49.8 Å². The predicted molar refractivity (Wildman–Crippen MR) is 158 cm³/mol. The van der Waals surface area contributed by atoms with E-state index < -0.39 is 23.8 Å². The lowest BCUT2D eigenvalue weighted by atomic mass is 9.99. The van der Waals surface area contributed by atoms with Crippen LogP contribution in [-0.2, 0) is 20.7 Å². The standard InChI is InChI=1S/C29H45BrClN3O4/c1-9-11-12-13-16-33(8)27(36)25(19-21-18-22(31)14-15-23(21)30)34(10-2)26(35)24(17-20(3)4)32-28(37)38-29(5,6)7/h9,14-15,18,20,24-25H,1,10-13,16-17,19H2,2-8H3,(H,32,37)/t24-,25-/m0/s1. The zero-order chi connectivity index (χ0) is 29.0. The van der Waals surface area contributed by atoms with Gasteiger partial charge >= 0.3 is 6.09 Å². The first-order valence-electron chi connectivity index (χ1n) is 13.3. The van der Waals surface area contributed by atoms with E-state index in [-0.39, 0.29) is 24.2 Å². The minimum atomic E-state index is -0.833. The van der Waals surface area contributed by atoms with Crippen LogP contribution in [0, 0.1) is 5.92 Å². The summed E-state index contributed by atoms with van der Waals surface area (Å²) in [6.45, 7) is 15.7. The normalized spacial score (nSPS) is 13.0. The second-order valence-corrected chi connectivity index (χ2v) is 12.2. The molecule has 9 heteroatoms. The highest BCUT2D eigenvalue weighted by atomic mass is 79.9. The summed E-state index contributed by atoms with van der Waals surface area (Å²) in [5, 5.41) is 3.31. The molecule has 0 aliphatic carbocycles. The first-order chi connectivity index (χ1) is 17.7. The Morgan fingerprint density at radius 3 is 2.39 bits per heavy atom. The van der Waals surface area contributed by atoms with Gasteiger partial charge in [-0.1, -0.05) is 47.5 Å². The number of carbonyl (C=O) groups excluding carboxylic acids is 3. The number of halogens is 2. The summed E-state index contributed by atoms with van der Waals surface area (Å²) in [5.74, 6) is -0.351. The SMILES string of the molecule is C=CCCCCN(C)C(=O)[C@H](Cc1cc(Cl)ccc1Br)N(CC)C(=O)[C@H](CC(C)C)NC(=O)OC(C)(C)C. The lowest BCUT2D eigenvalue weighted by molar-refractivity contribution is -0.146. The van der Waals surface area contributed by atoms with Crippen LogP contribution in [0.3, 0.4) is 0 Å². The third-order valence-electron chi connectivity index (χ3n) is 5.93. The number of nitrogens with zero attached hydrogens (tertiary/aromatic N) is 2. The Hall–Kier alpha value is -2.06. The van der Waals surface area contributed by atoms with Crippen molar-refractivity contribution in [2.75, 3.05) is 20.1 Å². The highest BCUT2D eigenvalue weighted by Crippen LogP contribution is 2.25. The Kier molecular flexibility index (Phi) is 14.4. The molecule has 0 saturated heterocycles. The van der Waals surface area contributed by atoms with E-state index in [1.165, 1.54) is 0 Å². The first-order valence-corrected chi connectivity index (χ1v) is 14.5. The van der Waals surface area contributed by atoms with Crippen molar-refractivity contribution in [2.45, 2.75) is 91.3 Å². The van der Waals surface area contributed by atoms with Crippen molar-refractivity contribution >= 4 is 45.4 Å². The summed E-state index contributed by atoms with van der Waals surface area (Å²) in [4.78, 5) is 43.6. The predicted octanol–water partition coefficient (Wildman–Crippen LogP) is 6.62. The number of allylic oxidation sites excluding steroid dienone is 1. The Labute approximate surface area is 242 Å². The summed E-state index contributed by atoms with van der Waals surface area (Å²) >= 11 is 9.83. The molecule has 0 radical (unpaired) electrons. The van der Waals surface area contributed by atoms with Gasteiger partial charge in [0.1, 0.15) is 17.7 Å². The third kappa shape index (κ3) is 11.8. The molecule has 0 bridgehead atoms. The van der Waals surface area contributed by atoms with Crippen LogP contribution < -0.4 is 5.32 Å². The van der Waals surface area contributed by atoms with Crippen LogP contribution in [0.25, 0.3) is 0 Å². The first kappa shape index (κ1) is 34.0. The van der Waals surface area contributed by atoms with E-state index in [4.69, 9.17) is 16.3 Å². The molecular formula is C29H45BrClN3O4. The summed E-state index contributed by atoms with van der Waals surface area (Å²) in [6, 6.07) is 3.80. The molecule has 2 atom stereocenters. The molecule has 0 fully saturated rings. The Morgan fingerprint density at radius 2 is 1.84 bits per heavy atom. The summed E-state index contributed by atoms with van der Waals surface area (Å²) in [7, 11) is 1.76. The Bertz CT molecular complexity index is 948. The van der Waals surface area contributed by atoms with Crippen LogP contribution in [0.4, 0.5) is 4.79 Å². The zero-order valence-electron chi connectivity index (χ0n) is 24.0. The fourth-order valence-electron chi connectivity index (χ4n) is 4.11. The molecule has 0 saturated carbocycles. The van der Waals surface area contributed by atoms with Crippen molar-refractivity contribution in [3.8, 4) is 0 Å². The van der Waals surface area contributed by atoms with Crippen LogP contribution in [0.5, 0.6) is 0 Å². The molecule has 1 N–H and O–H groups in total. The fourth-order valence-corrected chi connectivity index (χ4v) is 4.72. The van der Waals surface area contributed by atoms with Crippen LogP contribution in [-0.4, -0.2) is 65.5 Å². The minimum Gasteiger partial charge on any atom is -0.444 e. The van der Waals surface area contributed by atoms with Gasteiger partial charge in [-0.3, -0.25) is 9.59 Å². The molecule has 0 unspecified atom stereocenters. The molecule has 3 amide bonds. The largest absolute Gasteiger partial charge is 0.444 e. The molecule has 0 aliphatic rings. The van der Waals surface area contributed by atoms with Gasteiger partial charge in [0.2, 0.25) is 11.8 Å². The molecule has 0 spiro atoms. The molecule has 1 aromatic carbocycles. The molecule has 1 rings (SSSR count). The lowest BCUT2D eigenvalue weighted by Gasteiger charge is -2.36. The molecule has 7 nitrogen and oxygen atoms in total. The van der Waals surface area contributed by atoms with Crippen LogP contribution >= 0.6 is 27.5 Å². The minimum absolute atomic E-state index is 0.126. The number of hydrogen-bond donors (Lipinski definition) is 1. The number of likely N-dealkylation sites (N-methyl/N-ethyl adjacent to an activating group) is 2. The van der Waals surface area contributed by atoms with Crippen LogP contribution in [0.15, 0.2) is 35.3 Å². The van der Waals surface area contributed by atoms with Gasteiger partial charge in [-0.2, -0.15) is 0 Å². The summed E-state index contributed by atoms with van der Waals surface area (Å²) in [5.41, 5.74) is 0.119. The topological polar surface area (TPSA) is 79.0 Å². The van der Waals surface area contributed by atoms with E-state index in [0.717, 1.165) is 29.3 Å². The number of ether oxygens (including phenoxy) is 1. The van der Waals surface area contributed by atoms with Gasteiger partial charge in [0.25, 0.3) is 0 Å². The summed E-state index contributed by atoms with van der Waals surface area (Å²) in [6.07, 6.45) is 4.54. The van der Waals surface area contributed by atoms with Crippen molar-refractivity contribution in [1.82, 2.24) is 15.1 Å². The zero-order valence-corrected chi connectivity index (χ0v) is 26.3. The monoisotopic (exact) mass is 613 g/mol. The van der Waals surface area contributed by atoms with Crippen LogP contribution in [0.2, 0.25) is 5.02 Å². The highest BCUT2D eigenvalue weighted by molar-refractivity contribution is 9.10. The maximum absolute atomic E-state index is 14.0. The van der Waals surface area contributed by atoms with E-state index in [1.807, 2.05) is 32.9 Å². The molecule has 1 aromatic rings. The van der Waals surface area contributed by atoms with Gasteiger partial charge in [-0.25, -0.2) is 4.79 Å². The van der Waals surface area contributed by atoms with Gasteiger partial charge in [0.05, 0.1) is 0 Å². The number of benzene rings is 1. The van der Waals surface area contributed by atoms with E-state index >= 15 is 0 Å². The van der Waals surface area contributed by atoms with Crippen molar-refractivity contribution in [1.29, 1.82) is 0 Å². The molecule has 214 valence electrons. The van der Waals surface area contributed by atoms with E-state index in [0.29, 0.717) is 24.5 Å². The van der Waals surface area contributed by atoms with Crippen molar-refractivity contribution in [3.05, 3.63) is 45.9 Å². The van der Waals surface area contributed by atoms with Gasteiger partial charge in [-0.15, -0.1) is 6.58 Å². The number of nitrogens with one attached hydrogen (secondary N) is 1. The van der Waals surface area contributed by atoms with Gasteiger partial charge < -0.3 is 19.9 Å². The lowest BCUT2D eigenvalue weighted by Crippen LogP contribution is -2.57. The maximum Gasteiger partial charge on any atom is 0.408 e. The molecule has 0 aromatic heterocycles. The van der Waals surface area contributed by atoms with Crippen molar-refractivity contribution in [3.63, 3.8) is 0 Å². The number of carbonyl (C=O) groups is 3. The second-order valence-electron chi connectivity index (χ2n) is 11.0. The quantitative estimate of drug-likeness (QED) is 0.189. The third-order valence-corrected chi connectivity index (χ3v) is 6.94.